The van der Waals surface area contributed by atoms with Gasteiger partial charge in [0.05, 0.1) is 18.1 Å². The van der Waals surface area contributed by atoms with Gasteiger partial charge in [0.15, 0.2) is 5.58 Å². The third-order valence-electron chi connectivity index (χ3n) is 5.76. The number of rotatable bonds is 4. The fraction of sp³-hybridized carbons (Fsp3) is 0.600. The molecule has 0 bridgehead atoms. The van der Waals surface area contributed by atoms with Crippen LogP contribution in [0.25, 0.3) is 11.1 Å². The van der Waals surface area contributed by atoms with Crippen molar-refractivity contribution >= 4 is 28.6 Å². The highest BCUT2D eigenvalue weighted by Crippen LogP contribution is 2.26. The Kier molecular flexibility index (Phi) is 5.55. The van der Waals surface area contributed by atoms with E-state index in [1.807, 2.05) is 0 Å². The smallest absolute Gasteiger partial charge is 0.408 e. The maximum absolute atomic E-state index is 12.4. The number of oxazole rings is 1. The highest BCUT2D eigenvalue weighted by molar-refractivity contribution is 6.31. The highest BCUT2D eigenvalue weighted by atomic mass is 35.5. The number of nitrogens with one attached hydrogen (secondary N) is 1. The molecule has 1 amide bonds. The second-order valence-corrected chi connectivity index (χ2v) is 8.22. The van der Waals surface area contributed by atoms with Crippen LogP contribution in [-0.2, 0) is 4.79 Å². The van der Waals surface area contributed by atoms with Crippen molar-refractivity contribution in [3.8, 4) is 0 Å². The zero-order valence-electron chi connectivity index (χ0n) is 15.5. The quantitative estimate of drug-likeness (QED) is 0.868. The second kappa shape index (κ2) is 8.07. The molecular formula is C20H26ClN3O3. The predicted molar refractivity (Wildman–Crippen MR) is 105 cm³/mol. The number of likely N-dealkylation sites (tertiary alicyclic amines) is 1. The number of benzene rings is 1. The number of fused-ring (bicyclic) bond motifs is 1. The van der Waals surface area contributed by atoms with Crippen LogP contribution in [0.2, 0.25) is 5.02 Å². The molecule has 1 saturated heterocycles. The molecule has 2 aromatic rings. The summed E-state index contributed by atoms with van der Waals surface area (Å²) in [6, 6.07) is 5.55. The Hall–Kier alpha value is -1.79. The highest BCUT2D eigenvalue weighted by Gasteiger charge is 2.27. The van der Waals surface area contributed by atoms with E-state index < -0.39 is 0 Å². The van der Waals surface area contributed by atoms with Crippen molar-refractivity contribution in [1.82, 2.24) is 14.8 Å². The number of amides is 1. The molecule has 1 atom stereocenters. The minimum Gasteiger partial charge on any atom is -0.408 e. The lowest BCUT2D eigenvalue weighted by Gasteiger charge is -2.33. The largest absolute Gasteiger partial charge is 0.420 e. The van der Waals surface area contributed by atoms with E-state index in [9.17, 15) is 9.59 Å². The molecule has 2 heterocycles. The average molecular weight is 392 g/mol. The van der Waals surface area contributed by atoms with Gasteiger partial charge in [-0.2, -0.15) is 0 Å². The van der Waals surface area contributed by atoms with Gasteiger partial charge in [0.2, 0.25) is 5.91 Å². The molecule has 146 valence electrons. The zero-order valence-corrected chi connectivity index (χ0v) is 16.2. The maximum Gasteiger partial charge on any atom is 0.420 e. The van der Waals surface area contributed by atoms with E-state index in [4.69, 9.17) is 16.0 Å². The Morgan fingerprint density at radius 1 is 1.19 bits per heavy atom. The van der Waals surface area contributed by atoms with E-state index in [1.54, 1.807) is 22.8 Å². The molecule has 1 N–H and O–H groups in total. The molecule has 1 saturated carbocycles. The summed E-state index contributed by atoms with van der Waals surface area (Å²) in [6.45, 7) is 1.93. The number of halogens is 1. The lowest BCUT2D eigenvalue weighted by atomic mass is 9.95. The summed E-state index contributed by atoms with van der Waals surface area (Å²) in [4.78, 5) is 27.0. The Labute approximate surface area is 163 Å². The van der Waals surface area contributed by atoms with E-state index in [2.05, 4.69) is 10.2 Å². The number of carbonyl (C=O) groups excluding carboxylic acids is 1. The van der Waals surface area contributed by atoms with Crippen molar-refractivity contribution in [3.05, 3.63) is 33.8 Å². The summed E-state index contributed by atoms with van der Waals surface area (Å²) in [5.41, 5.74) is 1.28. The number of hydrogen-bond acceptors (Lipinski definition) is 4. The van der Waals surface area contributed by atoms with Gasteiger partial charge in [-0.25, -0.2) is 4.79 Å². The van der Waals surface area contributed by atoms with Crippen molar-refractivity contribution in [2.24, 2.45) is 0 Å². The van der Waals surface area contributed by atoms with Gasteiger partial charge in [0.25, 0.3) is 0 Å². The van der Waals surface area contributed by atoms with Crippen LogP contribution < -0.4 is 11.1 Å². The van der Waals surface area contributed by atoms with Gasteiger partial charge in [-0.15, -0.1) is 0 Å². The molecule has 6 nitrogen and oxygen atoms in total. The summed E-state index contributed by atoms with van der Waals surface area (Å²) >= 11 is 6.11. The van der Waals surface area contributed by atoms with Crippen molar-refractivity contribution in [2.75, 3.05) is 19.6 Å². The Bertz CT molecular complexity index is 869. The maximum atomic E-state index is 12.4. The van der Waals surface area contributed by atoms with E-state index in [1.165, 1.54) is 19.3 Å². The van der Waals surface area contributed by atoms with Crippen molar-refractivity contribution in [1.29, 1.82) is 0 Å². The molecule has 7 heteroatoms. The molecule has 1 aliphatic heterocycles. The molecule has 0 spiro atoms. The van der Waals surface area contributed by atoms with Crippen LogP contribution in [0.4, 0.5) is 0 Å². The van der Waals surface area contributed by atoms with Gasteiger partial charge in [-0.3, -0.25) is 14.3 Å². The second-order valence-electron chi connectivity index (χ2n) is 7.78. The lowest BCUT2D eigenvalue weighted by Crippen LogP contribution is -2.46. The lowest BCUT2D eigenvalue weighted by molar-refractivity contribution is -0.123. The SMILES string of the molecule is O=C(CN1CCC[C@@H](n2c(=O)oc3ccc(Cl)cc32)C1)NC1CCCCC1. The van der Waals surface area contributed by atoms with Crippen LogP contribution in [0.3, 0.4) is 0 Å². The van der Waals surface area contributed by atoms with Gasteiger partial charge in [-0.05, 0) is 50.4 Å². The van der Waals surface area contributed by atoms with Crippen LogP contribution in [0.15, 0.2) is 27.4 Å². The molecular weight excluding hydrogens is 366 g/mol. The van der Waals surface area contributed by atoms with E-state index in [0.717, 1.165) is 37.7 Å². The molecule has 1 aromatic carbocycles. The molecule has 2 aliphatic rings. The fourth-order valence-corrected chi connectivity index (χ4v) is 4.63. The van der Waals surface area contributed by atoms with E-state index in [-0.39, 0.29) is 17.7 Å². The first-order valence-electron chi connectivity index (χ1n) is 9.92. The Morgan fingerprint density at radius 3 is 2.81 bits per heavy atom. The minimum absolute atomic E-state index is 0.00607. The third-order valence-corrected chi connectivity index (χ3v) is 5.99. The number of carbonyl (C=O) groups is 1. The molecule has 0 radical (unpaired) electrons. The van der Waals surface area contributed by atoms with E-state index >= 15 is 0 Å². The number of hydrogen-bond donors (Lipinski definition) is 1. The van der Waals surface area contributed by atoms with Gasteiger partial charge in [0, 0.05) is 17.6 Å². The normalized spacial score (nSPS) is 22.2. The first-order chi connectivity index (χ1) is 13.1. The van der Waals surface area contributed by atoms with Crippen molar-refractivity contribution in [3.63, 3.8) is 0 Å². The molecule has 2 fully saturated rings. The molecule has 0 unspecified atom stereocenters. The summed E-state index contributed by atoms with van der Waals surface area (Å²) in [5, 5.41) is 3.76. The first-order valence-corrected chi connectivity index (χ1v) is 10.3. The Balaban J connectivity index is 1.44. The van der Waals surface area contributed by atoms with Crippen LogP contribution in [-0.4, -0.2) is 41.1 Å². The summed E-state index contributed by atoms with van der Waals surface area (Å²) in [5.74, 6) is -0.263. The van der Waals surface area contributed by atoms with Crippen LogP contribution in [0.1, 0.15) is 51.0 Å². The summed E-state index contributed by atoms with van der Waals surface area (Å²) in [7, 11) is 0. The minimum atomic E-state index is -0.356. The van der Waals surface area contributed by atoms with E-state index in [0.29, 0.717) is 29.7 Å². The topological polar surface area (TPSA) is 67.5 Å². The van der Waals surface area contributed by atoms with Crippen LogP contribution in [0.5, 0.6) is 0 Å². The summed E-state index contributed by atoms with van der Waals surface area (Å²) in [6.07, 6.45) is 7.70. The number of nitrogens with zero attached hydrogens (tertiary/aromatic N) is 2. The molecule has 4 rings (SSSR count). The molecule has 1 aliphatic carbocycles. The summed E-state index contributed by atoms with van der Waals surface area (Å²) < 4.78 is 7.08. The van der Waals surface area contributed by atoms with Gasteiger partial charge < -0.3 is 9.73 Å². The predicted octanol–water partition coefficient (Wildman–Crippen LogP) is 3.33. The average Bonchev–Trinajstić information content (AvgIpc) is 2.97. The third kappa shape index (κ3) is 4.22. The van der Waals surface area contributed by atoms with Gasteiger partial charge in [-0.1, -0.05) is 30.9 Å². The molecule has 1 aromatic heterocycles. The number of aromatic nitrogens is 1. The number of piperidine rings is 1. The first kappa shape index (κ1) is 18.6. The van der Waals surface area contributed by atoms with Crippen molar-refractivity contribution < 1.29 is 9.21 Å². The molecule has 27 heavy (non-hydrogen) atoms. The fourth-order valence-electron chi connectivity index (χ4n) is 4.46. The standard InChI is InChI=1S/C20H26ClN3O3/c21-14-8-9-18-17(11-14)24(20(26)27-18)16-7-4-10-23(12-16)13-19(25)22-15-5-2-1-3-6-15/h8-9,11,15-16H,1-7,10,12-13H2,(H,22,25)/t16-/m1/s1. The Morgan fingerprint density at radius 2 is 2.00 bits per heavy atom. The van der Waals surface area contributed by atoms with Gasteiger partial charge >= 0.3 is 5.76 Å². The van der Waals surface area contributed by atoms with Gasteiger partial charge in [0.1, 0.15) is 0 Å². The van der Waals surface area contributed by atoms with Crippen LogP contribution >= 0.6 is 11.6 Å². The zero-order chi connectivity index (χ0) is 18.8. The monoisotopic (exact) mass is 391 g/mol. The van der Waals surface area contributed by atoms with Crippen molar-refractivity contribution in [2.45, 2.75) is 57.0 Å². The van der Waals surface area contributed by atoms with Crippen LogP contribution in [0, 0.1) is 0 Å².